The number of nitrogens with zero attached hydrogens (tertiary/aromatic N) is 4. The van der Waals surface area contributed by atoms with Gasteiger partial charge in [0.2, 0.25) is 11.8 Å². The van der Waals surface area contributed by atoms with Crippen LogP contribution in [0.2, 0.25) is 0 Å². The van der Waals surface area contributed by atoms with Crippen LogP contribution in [0.3, 0.4) is 0 Å². The van der Waals surface area contributed by atoms with Crippen molar-refractivity contribution < 1.29 is 13.5 Å². The summed E-state index contributed by atoms with van der Waals surface area (Å²) >= 11 is 0. The van der Waals surface area contributed by atoms with Crippen molar-refractivity contribution in [1.29, 1.82) is 0 Å². The first-order chi connectivity index (χ1) is 15.5. The van der Waals surface area contributed by atoms with E-state index in [2.05, 4.69) is 16.7 Å². The van der Waals surface area contributed by atoms with Crippen molar-refractivity contribution in [3.63, 3.8) is 0 Å². The van der Waals surface area contributed by atoms with E-state index in [1.165, 1.54) is 6.07 Å². The van der Waals surface area contributed by atoms with Gasteiger partial charge in [-0.15, -0.1) is 0 Å². The van der Waals surface area contributed by atoms with Gasteiger partial charge < -0.3 is 14.1 Å². The fourth-order valence-corrected chi connectivity index (χ4v) is 4.41. The first-order valence-electron chi connectivity index (χ1n) is 11.4. The first-order valence-corrected chi connectivity index (χ1v) is 11.4. The number of hydrogen-bond acceptors (Lipinski definition) is 6. The minimum absolute atomic E-state index is 0.241. The molecule has 0 bridgehead atoms. The number of hydrogen-bond donors (Lipinski definition) is 0. The van der Waals surface area contributed by atoms with Gasteiger partial charge in [-0.1, -0.05) is 6.92 Å². The van der Waals surface area contributed by atoms with Crippen molar-refractivity contribution in [1.82, 2.24) is 14.9 Å². The van der Waals surface area contributed by atoms with Crippen molar-refractivity contribution in [3.8, 4) is 11.6 Å². The number of rotatable bonds is 5. The van der Waals surface area contributed by atoms with Gasteiger partial charge in [-0.25, -0.2) is 9.37 Å². The zero-order chi connectivity index (χ0) is 22.1. The summed E-state index contributed by atoms with van der Waals surface area (Å²) in [5.41, 5.74) is 2.59. The van der Waals surface area contributed by atoms with Crippen LogP contribution >= 0.6 is 0 Å². The standard InChI is InChI=1S/C25H29FN4O2/c1-17-7-11-30(12-8-17)25-27-23-9-10-29(15-20-4-3-13-31-20)16-21(23)24(28-25)32-19-5-6-22(26)18(2)14-19/h3-6,13-14,17H,7-12,15-16H2,1-2H3. The molecular formula is C25H29FN4O2. The number of anilines is 1. The lowest BCUT2D eigenvalue weighted by Gasteiger charge is -2.33. The molecule has 32 heavy (non-hydrogen) atoms. The number of fused-ring (bicyclic) bond motifs is 1. The highest BCUT2D eigenvalue weighted by Gasteiger charge is 2.27. The molecule has 0 N–H and O–H groups in total. The number of furan rings is 1. The van der Waals surface area contributed by atoms with E-state index in [9.17, 15) is 4.39 Å². The zero-order valence-electron chi connectivity index (χ0n) is 18.7. The molecule has 0 aliphatic carbocycles. The summed E-state index contributed by atoms with van der Waals surface area (Å²) < 4.78 is 25.6. The summed E-state index contributed by atoms with van der Waals surface area (Å²) in [5.74, 6) is 3.32. The Hall–Kier alpha value is -2.93. The molecule has 1 saturated heterocycles. The number of halogens is 1. The monoisotopic (exact) mass is 436 g/mol. The highest BCUT2D eigenvalue weighted by atomic mass is 19.1. The molecule has 0 spiro atoms. The fourth-order valence-electron chi connectivity index (χ4n) is 4.41. The fraction of sp³-hybridized carbons (Fsp3) is 0.440. The summed E-state index contributed by atoms with van der Waals surface area (Å²) in [6.07, 6.45) is 4.82. The molecule has 7 heteroatoms. The lowest BCUT2D eigenvalue weighted by molar-refractivity contribution is 0.219. The molecule has 0 saturated carbocycles. The van der Waals surface area contributed by atoms with E-state index >= 15 is 0 Å². The molecule has 0 atom stereocenters. The topological polar surface area (TPSA) is 54.6 Å². The minimum Gasteiger partial charge on any atom is -0.468 e. The van der Waals surface area contributed by atoms with Gasteiger partial charge in [0.1, 0.15) is 17.3 Å². The summed E-state index contributed by atoms with van der Waals surface area (Å²) in [4.78, 5) is 14.4. The Morgan fingerprint density at radius 3 is 2.75 bits per heavy atom. The van der Waals surface area contributed by atoms with Gasteiger partial charge in [0.15, 0.2) is 0 Å². The number of aryl methyl sites for hydroxylation is 1. The van der Waals surface area contributed by atoms with Crippen molar-refractivity contribution in [2.75, 3.05) is 24.5 Å². The SMILES string of the molecule is Cc1cc(Oc2nc(N3CCC(C)CC3)nc3c2CN(Cc2ccco2)CC3)ccc1F. The number of aromatic nitrogens is 2. The number of benzene rings is 1. The number of piperidine rings is 1. The first kappa shape index (κ1) is 20.9. The normalized spacial score (nSPS) is 17.4. The predicted molar refractivity (Wildman–Crippen MR) is 120 cm³/mol. The van der Waals surface area contributed by atoms with Gasteiger partial charge in [-0.05, 0) is 61.6 Å². The molecule has 4 heterocycles. The van der Waals surface area contributed by atoms with Gasteiger partial charge in [-0.2, -0.15) is 4.98 Å². The maximum atomic E-state index is 13.8. The van der Waals surface area contributed by atoms with Crippen LogP contribution in [0.5, 0.6) is 11.6 Å². The molecular weight excluding hydrogens is 407 g/mol. The van der Waals surface area contributed by atoms with Gasteiger partial charge in [-0.3, -0.25) is 4.90 Å². The van der Waals surface area contributed by atoms with E-state index in [-0.39, 0.29) is 5.82 Å². The lowest BCUT2D eigenvalue weighted by atomic mass is 9.99. The van der Waals surface area contributed by atoms with Crippen LogP contribution in [0.1, 0.15) is 42.3 Å². The average Bonchev–Trinajstić information content (AvgIpc) is 3.30. The highest BCUT2D eigenvalue weighted by molar-refractivity contribution is 5.44. The van der Waals surface area contributed by atoms with Gasteiger partial charge >= 0.3 is 0 Å². The van der Waals surface area contributed by atoms with E-state index in [0.717, 1.165) is 74.3 Å². The van der Waals surface area contributed by atoms with E-state index in [1.54, 1.807) is 25.3 Å². The average molecular weight is 437 g/mol. The summed E-state index contributed by atoms with van der Waals surface area (Å²) in [7, 11) is 0. The lowest BCUT2D eigenvalue weighted by Crippen LogP contribution is -2.36. The molecule has 2 aliphatic rings. The van der Waals surface area contributed by atoms with Crippen molar-refractivity contribution >= 4 is 5.95 Å². The van der Waals surface area contributed by atoms with Crippen LogP contribution in [0.4, 0.5) is 10.3 Å². The third-order valence-corrected chi connectivity index (χ3v) is 6.46. The molecule has 6 nitrogen and oxygen atoms in total. The van der Waals surface area contributed by atoms with E-state index in [4.69, 9.17) is 19.1 Å². The molecule has 5 rings (SSSR count). The van der Waals surface area contributed by atoms with Crippen molar-refractivity contribution in [2.24, 2.45) is 5.92 Å². The Morgan fingerprint density at radius 1 is 1.16 bits per heavy atom. The quantitative estimate of drug-likeness (QED) is 0.554. The third kappa shape index (κ3) is 4.48. The maximum Gasteiger partial charge on any atom is 0.228 e. The Kier molecular flexibility index (Phi) is 5.83. The third-order valence-electron chi connectivity index (χ3n) is 6.46. The Morgan fingerprint density at radius 2 is 2.00 bits per heavy atom. The molecule has 2 aromatic heterocycles. The molecule has 2 aliphatic heterocycles. The van der Waals surface area contributed by atoms with Crippen molar-refractivity contribution in [3.05, 3.63) is 65.0 Å². The van der Waals surface area contributed by atoms with Crippen LogP contribution in [-0.4, -0.2) is 34.5 Å². The molecule has 0 unspecified atom stereocenters. The predicted octanol–water partition coefficient (Wildman–Crippen LogP) is 5.10. The molecule has 0 radical (unpaired) electrons. The molecule has 1 fully saturated rings. The maximum absolute atomic E-state index is 13.8. The van der Waals surface area contributed by atoms with Crippen molar-refractivity contribution in [2.45, 2.75) is 46.2 Å². The van der Waals surface area contributed by atoms with Crippen LogP contribution in [0.15, 0.2) is 41.0 Å². The molecule has 0 amide bonds. The summed E-state index contributed by atoms with van der Waals surface area (Å²) in [6.45, 7) is 8.26. The van der Waals surface area contributed by atoms with Crippen LogP contribution in [0.25, 0.3) is 0 Å². The summed E-state index contributed by atoms with van der Waals surface area (Å²) in [5, 5.41) is 0. The second kappa shape index (κ2) is 8.90. The second-order valence-electron chi connectivity index (χ2n) is 8.98. The summed E-state index contributed by atoms with van der Waals surface area (Å²) in [6, 6.07) is 8.71. The molecule has 1 aromatic carbocycles. The van der Waals surface area contributed by atoms with Crippen LogP contribution in [0, 0.1) is 18.7 Å². The molecule has 3 aromatic rings. The van der Waals surface area contributed by atoms with E-state index < -0.39 is 0 Å². The van der Waals surface area contributed by atoms with Gasteiger partial charge in [0.05, 0.1) is 24.1 Å². The van der Waals surface area contributed by atoms with Crippen LogP contribution in [-0.2, 0) is 19.5 Å². The van der Waals surface area contributed by atoms with Gasteiger partial charge in [0.25, 0.3) is 0 Å². The Labute approximate surface area is 188 Å². The Balaban J connectivity index is 1.46. The van der Waals surface area contributed by atoms with Gasteiger partial charge in [0, 0.05) is 32.6 Å². The smallest absolute Gasteiger partial charge is 0.228 e. The largest absolute Gasteiger partial charge is 0.468 e. The Bertz CT molecular complexity index is 1080. The van der Waals surface area contributed by atoms with Crippen LogP contribution < -0.4 is 9.64 Å². The zero-order valence-corrected chi connectivity index (χ0v) is 18.7. The molecule has 168 valence electrons. The second-order valence-corrected chi connectivity index (χ2v) is 8.98. The highest BCUT2D eigenvalue weighted by Crippen LogP contribution is 2.33. The van der Waals surface area contributed by atoms with E-state index in [0.29, 0.717) is 23.7 Å². The van der Waals surface area contributed by atoms with E-state index in [1.807, 2.05) is 12.1 Å². The minimum atomic E-state index is -0.241. The number of ether oxygens (including phenoxy) is 1.